The normalized spacial score (nSPS) is 10.7. The average molecular weight is 309 g/mol. The van der Waals surface area contributed by atoms with E-state index < -0.39 is 4.92 Å². The maximum absolute atomic E-state index is 11.0. The molecule has 0 saturated carbocycles. The predicted octanol–water partition coefficient (Wildman–Crippen LogP) is 3.54. The van der Waals surface area contributed by atoms with Gasteiger partial charge in [0.2, 0.25) is 11.6 Å². The molecular weight excluding hydrogens is 296 g/mol. The molecule has 2 N–H and O–H groups in total. The lowest BCUT2D eigenvalue weighted by Crippen LogP contribution is -2.03. The largest absolute Gasteiger partial charge is 0.432 e. The van der Waals surface area contributed by atoms with Gasteiger partial charge in [0.05, 0.1) is 4.92 Å². The zero-order valence-electron chi connectivity index (χ0n) is 11.4. The molecule has 0 saturated heterocycles. The monoisotopic (exact) mass is 308 g/mol. The summed E-state index contributed by atoms with van der Waals surface area (Å²) in [7, 11) is 0. The van der Waals surface area contributed by atoms with E-state index in [-0.39, 0.29) is 29.1 Å². The SMILES string of the molecule is CC(C)c1nc(N)cc(Oc2cc(Cl)ccc2[N+](=O)[O-])n1. The fourth-order valence-corrected chi connectivity index (χ4v) is 1.77. The lowest BCUT2D eigenvalue weighted by atomic mass is 10.2. The number of hydrogen-bond donors (Lipinski definition) is 1. The zero-order valence-corrected chi connectivity index (χ0v) is 12.2. The molecule has 0 amide bonds. The second kappa shape index (κ2) is 5.92. The Balaban J connectivity index is 2.42. The van der Waals surface area contributed by atoms with Gasteiger partial charge in [-0.05, 0) is 6.07 Å². The molecule has 1 aromatic carbocycles. The molecule has 1 heterocycles. The maximum atomic E-state index is 11.0. The number of nitro groups is 1. The van der Waals surface area contributed by atoms with Crippen LogP contribution >= 0.6 is 11.6 Å². The second-order valence-corrected chi connectivity index (χ2v) is 5.05. The van der Waals surface area contributed by atoms with Crippen molar-refractivity contribution in [3.8, 4) is 11.6 Å². The Labute approximate surface area is 125 Å². The summed E-state index contributed by atoms with van der Waals surface area (Å²) in [6.07, 6.45) is 0. The molecule has 0 aliphatic carbocycles. The molecule has 2 aromatic rings. The molecule has 0 aliphatic heterocycles. The fraction of sp³-hybridized carbons (Fsp3) is 0.231. The number of nitrogen functional groups attached to an aromatic ring is 1. The Bertz CT molecular complexity index is 691. The van der Waals surface area contributed by atoms with Crippen LogP contribution in [-0.2, 0) is 0 Å². The molecule has 21 heavy (non-hydrogen) atoms. The van der Waals surface area contributed by atoms with Gasteiger partial charge in [-0.2, -0.15) is 4.98 Å². The molecule has 8 heteroatoms. The number of benzene rings is 1. The Hall–Kier alpha value is -2.41. The lowest BCUT2D eigenvalue weighted by Gasteiger charge is -2.09. The Morgan fingerprint density at radius 2 is 2.05 bits per heavy atom. The van der Waals surface area contributed by atoms with E-state index in [0.717, 1.165) is 0 Å². The molecule has 0 bridgehead atoms. The summed E-state index contributed by atoms with van der Waals surface area (Å²) in [6, 6.07) is 5.44. The molecule has 7 nitrogen and oxygen atoms in total. The first-order valence-electron chi connectivity index (χ1n) is 6.13. The van der Waals surface area contributed by atoms with Crippen molar-refractivity contribution in [3.05, 3.63) is 45.2 Å². The van der Waals surface area contributed by atoms with Crippen molar-refractivity contribution in [2.75, 3.05) is 5.73 Å². The number of nitrogens with two attached hydrogens (primary N) is 1. The maximum Gasteiger partial charge on any atom is 0.311 e. The highest BCUT2D eigenvalue weighted by atomic mass is 35.5. The van der Waals surface area contributed by atoms with Gasteiger partial charge in [0.15, 0.2) is 0 Å². The van der Waals surface area contributed by atoms with Gasteiger partial charge in [-0.15, -0.1) is 0 Å². The van der Waals surface area contributed by atoms with Crippen molar-refractivity contribution in [1.29, 1.82) is 0 Å². The molecule has 0 unspecified atom stereocenters. The van der Waals surface area contributed by atoms with Crippen LogP contribution in [0.25, 0.3) is 0 Å². The Kier molecular flexibility index (Phi) is 4.23. The van der Waals surface area contributed by atoms with Gasteiger partial charge < -0.3 is 10.5 Å². The summed E-state index contributed by atoms with van der Waals surface area (Å²) in [4.78, 5) is 18.7. The molecule has 1 aromatic heterocycles. The zero-order chi connectivity index (χ0) is 15.6. The number of anilines is 1. The van der Waals surface area contributed by atoms with Crippen LogP contribution in [0.4, 0.5) is 11.5 Å². The van der Waals surface area contributed by atoms with Gasteiger partial charge in [-0.3, -0.25) is 10.1 Å². The first-order chi connectivity index (χ1) is 9.86. The molecule has 2 rings (SSSR count). The van der Waals surface area contributed by atoms with Crippen molar-refractivity contribution >= 4 is 23.1 Å². The molecule has 110 valence electrons. The minimum atomic E-state index is -0.556. The first kappa shape index (κ1) is 15.0. The van der Waals surface area contributed by atoms with E-state index in [9.17, 15) is 10.1 Å². The van der Waals surface area contributed by atoms with Crippen LogP contribution in [0, 0.1) is 10.1 Å². The molecule has 0 radical (unpaired) electrons. The van der Waals surface area contributed by atoms with Crippen molar-refractivity contribution in [3.63, 3.8) is 0 Å². The summed E-state index contributed by atoms with van der Waals surface area (Å²) >= 11 is 5.84. The van der Waals surface area contributed by atoms with E-state index in [1.807, 2.05) is 13.8 Å². The van der Waals surface area contributed by atoms with Crippen LogP contribution < -0.4 is 10.5 Å². The van der Waals surface area contributed by atoms with E-state index in [1.54, 1.807) is 0 Å². The number of hydrogen-bond acceptors (Lipinski definition) is 6. The van der Waals surface area contributed by atoms with Crippen molar-refractivity contribution in [2.24, 2.45) is 0 Å². The third kappa shape index (κ3) is 3.57. The minimum Gasteiger partial charge on any atom is -0.432 e. The summed E-state index contributed by atoms with van der Waals surface area (Å²) in [6.45, 7) is 3.81. The third-order valence-corrected chi connectivity index (χ3v) is 2.82. The molecular formula is C13H13ClN4O3. The quantitative estimate of drug-likeness (QED) is 0.684. The van der Waals surface area contributed by atoms with E-state index in [2.05, 4.69) is 9.97 Å². The van der Waals surface area contributed by atoms with Crippen LogP contribution in [0.5, 0.6) is 11.6 Å². The number of aromatic nitrogens is 2. The number of nitrogens with zero attached hydrogens (tertiary/aromatic N) is 3. The fourth-order valence-electron chi connectivity index (χ4n) is 1.60. The summed E-state index contributed by atoms with van der Waals surface area (Å²) in [5.74, 6) is 0.908. The van der Waals surface area contributed by atoms with Crippen LogP contribution in [-0.4, -0.2) is 14.9 Å². The van der Waals surface area contributed by atoms with Crippen LogP contribution in [0.1, 0.15) is 25.6 Å². The average Bonchev–Trinajstić information content (AvgIpc) is 2.37. The van der Waals surface area contributed by atoms with Gasteiger partial charge in [0.25, 0.3) is 0 Å². The minimum absolute atomic E-state index is 0.000283. The summed E-state index contributed by atoms with van der Waals surface area (Å²) in [5, 5.41) is 11.3. The van der Waals surface area contributed by atoms with Gasteiger partial charge in [-0.25, -0.2) is 4.98 Å². The highest BCUT2D eigenvalue weighted by molar-refractivity contribution is 6.30. The van der Waals surface area contributed by atoms with E-state index >= 15 is 0 Å². The van der Waals surface area contributed by atoms with Gasteiger partial charge >= 0.3 is 5.69 Å². The van der Waals surface area contributed by atoms with E-state index in [1.165, 1.54) is 24.3 Å². The van der Waals surface area contributed by atoms with Gasteiger partial charge in [0, 0.05) is 29.1 Å². The number of nitro benzene ring substituents is 1. The predicted molar refractivity (Wildman–Crippen MR) is 78.7 cm³/mol. The van der Waals surface area contributed by atoms with Crippen molar-refractivity contribution < 1.29 is 9.66 Å². The van der Waals surface area contributed by atoms with Crippen LogP contribution in [0.15, 0.2) is 24.3 Å². The topological polar surface area (TPSA) is 104 Å². The van der Waals surface area contributed by atoms with Crippen LogP contribution in [0.3, 0.4) is 0 Å². The summed E-state index contributed by atoms with van der Waals surface area (Å²) in [5.41, 5.74) is 5.48. The molecule has 0 aliphatic rings. The van der Waals surface area contributed by atoms with E-state index in [0.29, 0.717) is 10.8 Å². The Morgan fingerprint density at radius 1 is 1.33 bits per heavy atom. The highest BCUT2D eigenvalue weighted by Gasteiger charge is 2.17. The third-order valence-electron chi connectivity index (χ3n) is 2.59. The lowest BCUT2D eigenvalue weighted by molar-refractivity contribution is -0.385. The molecule has 0 spiro atoms. The molecule has 0 fully saturated rings. The number of rotatable bonds is 4. The van der Waals surface area contributed by atoms with Gasteiger partial charge in [0.1, 0.15) is 11.6 Å². The standard InChI is InChI=1S/C13H13ClN4O3/c1-7(2)13-16-11(15)6-12(17-13)21-10-5-8(14)3-4-9(10)18(19)20/h3-7H,1-2H3,(H2,15,16,17). The van der Waals surface area contributed by atoms with Crippen LogP contribution in [0.2, 0.25) is 5.02 Å². The second-order valence-electron chi connectivity index (χ2n) is 4.62. The van der Waals surface area contributed by atoms with Crippen molar-refractivity contribution in [2.45, 2.75) is 19.8 Å². The van der Waals surface area contributed by atoms with E-state index in [4.69, 9.17) is 22.1 Å². The van der Waals surface area contributed by atoms with Gasteiger partial charge in [-0.1, -0.05) is 25.4 Å². The smallest absolute Gasteiger partial charge is 0.311 e. The number of ether oxygens (including phenoxy) is 1. The first-order valence-corrected chi connectivity index (χ1v) is 6.51. The summed E-state index contributed by atoms with van der Waals surface area (Å²) < 4.78 is 5.47. The van der Waals surface area contributed by atoms with Crippen molar-refractivity contribution in [1.82, 2.24) is 9.97 Å². The Morgan fingerprint density at radius 3 is 2.67 bits per heavy atom. The highest BCUT2D eigenvalue weighted by Crippen LogP contribution is 2.33. The molecule has 0 atom stereocenters. The number of halogens is 1.